The number of rotatable bonds is 3. The molecule has 0 aromatic heterocycles. The van der Waals surface area contributed by atoms with Gasteiger partial charge < -0.3 is 4.74 Å². The highest BCUT2D eigenvalue weighted by atomic mass is 127. The summed E-state index contributed by atoms with van der Waals surface area (Å²) in [6.07, 6.45) is 0.645. The van der Waals surface area contributed by atoms with Crippen molar-refractivity contribution in [1.29, 1.82) is 0 Å². The third kappa shape index (κ3) is 5.53. The topological polar surface area (TPSA) is 26.3 Å². The van der Waals surface area contributed by atoms with E-state index in [2.05, 4.69) is 22.6 Å². The lowest BCUT2D eigenvalue weighted by Gasteiger charge is -2.17. The first-order valence-corrected chi connectivity index (χ1v) is 7.62. The van der Waals surface area contributed by atoms with Crippen LogP contribution in [0, 0.1) is 12.3 Å². The van der Waals surface area contributed by atoms with Crippen LogP contribution >= 0.6 is 34.2 Å². The minimum absolute atomic E-state index is 0.236. The number of hydrogen-bond donors (Lipinski definition) is 0. The first-order chi connectivity index (χ1) is 8.72. The maximum atomic E-state index is 11.9. The number of carbonyl (C=O) groups excluding carboxylic acids is 1. The molecule has 0 aliphatic carbocycles. The van der Waals surface area contributed by atoms with Crippen molar-refractivity contribution >= 4 is 40.2 Å². The zero-order valence-electron chi connectivity index (χ0n) is 11.6. The van der Waals surface area contributed by atoms with Gasteiger partial charge >= 0.3 is 5.97 Å². The largest absolute Gasteiger partial charge is 0.426 e. The molecule has 1 aromatic carbocycles. The van der Waals surface area contributed by atoms with E-state index >= 15 is 0 Å². The first kappa shape index (κ1) is 16.5. The molecule has 0 N–H and O–H groups in total. The van der Waals surface area contributed by atoms with Crippen LogP contribution in [0.4, 0.5) is 0 Å². The molecular weight excluding hydrogens is 375 g/mol. The van der Waals surface area contributed by atoms with Gasteiger partial charge in [0.25, 0.3) is 0 Å². The molecular formula is C15H18ClIO2. The average Bonchev–Trinajstić information content (AvgIpc) is 2.26. The summed E-state index contributed by atoms with van der Waals surface area (Å²) in [6.45, 7) is 7.48. The van der Waals surface area contributed by atoms with Crippen LogP contribution in [0.3, 0.4) is 0 Å². The third-order valence-electron chi connectivity index (χ3n) is 2.42. The second kappa shape index (κ2) is 6.75. The number of hydrogen-bond acceptors (Lipinski definition) is 2. The molecule has 0 aliphatic rings. The van der Waals surface area contributed by atoms with Crippen molar-refractivity contribution in [1.82, 2.24) is 0 Å². The molecule has 0 unspecified atom stereocenters. The summed E-state index contributed by atoms with van der Waals surface area (Å²) in [7, 11) is 0. The van der Waals surface area contributed by atoms with Crippen LogP contribution in [0.1, 0.15) is 31.9 Å². The maximum Gasteiger partial charge on any atom is 0.316 e. The molecule has 1 aromatic rings. The fourth-order valence-electron chi connectivity index (χ4n) is 1.48. The molecule has 0 saturated heterocycles. The molecule has 0 saturated carbocycles. The summed E-state index contributed by atoms with van der Waals surface area (Å²) in [5.41, 5.74) is 1.57. The van der Waals surface area contributed by atoms with Gasteiger partial charge in [0.2, 0.25) is 0 Å². The Morgan fingerprint density at radius 1 is 1.37 bits per heavy atom. The lowest BCUT2D eigenvalue weighted by Crippen LogP contribution is -2.25. The fourth-order valence-corrected chi connectivity index (χ4v) is 1.85. The highest BCUT2D eigenvalue weighted by Gasteiger charge is 2.23. The number of ether oxygens (including phenoxy) is 1. The molecule has 0 atom stereocenters. The van der Waals surface area contributed by atoms with Crippen molar-refractivity contribution < 1.29 is 9.53 Å². The SMILES string of the molecule is Cc1cc(C/C(Cl)=C/I)cc(OC(=O)C(C)(C)C)c1. The number of esters is 1. The predicted molar refractivity (Wildman–Crippen MR) is 87.9 cm³/mol. The summed E-state index contributed by atoms with van der Waals surface area (Å²) >= 11 is 8.14. The van der Waals surface area contributed by atoms with Crippen LogP contribution in [0.25, 0.3) is 0 Å². The molecule has 1 rings (SSSR count). The average molecular weight is 393 g/mol. The van der Waals surface area contributed by atoms with Crippen molar-refractivity contribution in [3.05, 3.63) is 38.4 Å². The van der Waals surface area contributed by atoms with Crippen molar-refractivity contribution in [2.24, 2.45) is 5.41 Å². The number of allylic oxidation sites excluding steroid dienone is 1. The Hall–Kier alpha value is -0.550. The van der Waals surface area contributed by atoms with Crippen molar-refractivity contribution in [2.45, 2.75) is 34.1 Å². The summed E-state index contributed by atoms with van der Waals surface area (Å²) in [6, 6.07) is 5.75. The Morgan fingerprint density at radius 2 is 2.00 bits per heavy atom. The molecule has 2 nitrogen and oxygen atoms in total. The minimum atomic E-state index is -0.510. The van der Waals surface area contributed by atoms with Gasteiger partial charge in [0, 0.05) is 11.5 Å². The lowest BCUT2D eigenvalue weighted by atomic mass is 9.97. The van der Waals surface area contributed by atoms with E-state index < -0.39 is 5.41 Å². The van der Waals surface area contributed by atoms with Gasteiger partial charge in [-0.25, -0.2) is 0 Å². The zero-order valence-corrected chi connectivity index (χ0v) is 14.5. The Kier molecular flexibility index (Phi) is 5.86. The minimum Gasteiger partial charge on any atom is -0.426 e. The predicted octanol–water partition coefficient (Wildman–Crippen LogP) is 5.00. The van der Waals surface area contributed by atoms with Crippen molar-refractivity contribution in [2.75, 3.05) is 0 Å². The van der Waals surface area contributed by atoms with Crippen molar-refractivity contribution in [3.8, 4) is 5.75 Å². The van der Waals surface area contributed by atoms with Crippen LogP contribution in [0.5, 0.6) is 5.75 Å². The van der Waals surface area contributed by atoms with Gasteiger partial charge in [0.15, 0.2) is 0 Å². The molecule has 0 aliphatic heterocycles. The van der Waals surface area contributed by atoms with E-state index in [4.69, 9.17) is 16.3 Å². The van der Waals surface area contributed by atoms with E-state index in [1.165, 1.54) is 0 Å². The molecule has 0 amide bonds. The molecule has 0 radical (unpaired) electrons. The van der Waals surface area contributed by atoms with E-state index in [0.717, 1.165) is 16.2 Å². The monoisotopic (exact) mass is 392 g/mol. The normalized spacial score (nSPS) is 12.4. The highest BCUT2D eigenvalue weighted by Crippen LogP contribution is 2.24. The van der Waals surface area contributed by atoms with Crippen LogP contribution < -0.4 is 4.74 Å². The number of halogens is 2. The Bertz CT molecular complexity index is 501. The molecule has 104 valence electrons. The standard InChI is InChI=1S/C15H18ClIO2/c1-10-5-11(7-12(16)9-17)8-13(6-10)19-14(18)15(2,3)4/h5-6,8-9H,7H2,1-4H3/b12-9-. The summed E-state index contributed by atoms with van der Waals surface area (Å²) in [5, 5.41) is 0.763. The summed E-state index contributed by atoms with van der Waals surface area (Å²) in [4.78, 5) is 11.9. The number of benzene rings is 1. The summed E-state index contributed by atoms with van der Waals surface area (Å²) < 4.78 is 7.25. The number of aryl methyl sites for hydroxylation is 1. The molecule has 19 heavy (non-hydrogen) atoms. The van der Waals surface area contributed by atoms with Gasteiger partial charge in [0.05, 0.1) is 5.41 Å². The zero-order chi connectivity index (χ0) is 14.6. The van der Waals surface area contributed by atoms with Gasteiger partial charge in [-0.3, -0.25) is 4.79 Å². The third-order valence-corrected chi connectivity index (χ3v) is 3.79. The quantitative estimate of drug-likeness (QED) is 0.411. The second-order valence-corrected chi connectivity index (χ2v) is 6.63. The maximum absolute atomic E-state index is 11.9. The van der Waals surface area contributed by atoms with Gasteiger partial charge in [-0.1, -0.05) is 40.3 Å². The molecule has 4 heteroatoms. The molecule has 0 spiro atoms. The van der Waals surface area contributed by atoms with Gasteiger partial charge in [-0.15, -0.1) is 0 Å². The van der Waals surface area contributed by atoms with Gasteiger partial charge in [-0.05, 0) is 55.0 Å². The van der Waals surface area contributed by atoms with Crippen LogP contribution in [-0.4, -0.2) is 5.97 Å². The molecule has 0 fully saturated rings. The lowest BCUT2D eigenvalue weighted by molar-refractivity contribution is -0.142. The van der Waals surface area contributed by atoms with E-state index in [9.17, 15) is 4.79 Å². The fraction of sp³-hybridized carbons (Fsp3) is 0.400. The molecule has 0 heterocycles. The van der Waals surface area contributed by atoms with Crippen molar-refractivity contribution in [3.63, 3.8) is 0 Å². The Labute approximate surface area is 133 Å². The van der Waals surface area contributed by atoms with Crippen LogP contribution in [0.2, 0.25) is 0 Å². The Morgan fingerprint density at radius 3 is 2.53 bits per heavy atom. The Balaban J connectivity index is 2.94. The van der Waals surface area contributed by atoms with E-state index in [1.807, 2.05) is 50.0 Å². The van der Waals surface area contributed by atoms with Gasteiger partial charge in [0.1, 0.15) is 5.75 Å². The highest BCUT2D eigenvalue weighted by molar-refractivity contribution is 14.1. The number of carbonyl (C=O) groups is 1. The van der Waals surface area contributed by atoms with Gasteiger partial charge in [-0.2, -0.15) is 0 Å². The van der Waals surface area contributed by atoms with Crippen LogP contribution in [-0.2, 0) is 11.2 Å². The van der Waals surface area contributed by atoms with Crippen LogP contribution in [0.15, 0.2) is 27.3 Å². The first-order valence-electron chi connectivity index (χ1n) is 6.00. The smallest absolute Gasteiger partial charge is 0.316 e. The molecule has 0 bridgehead atoms. The van der Waals surface area contributed by atoms with E-state index in [-0.39, 0.29) is 5.97 Å². The second-order valence-electron chi connectivity index (χ2n) is 5.53. The van der Waals surface area contributed by atoms with E-state index in [0.29, 0.717) is 12.2 Å². The van der Waals surface area contributed by atoms with E-state index in [1.54, 1.807) is 0 Å². The summed E-state index contributed by atoms with van der Waals surface area (Å²) in [5.74, 6) is 0.340.